The summed E-state index contributed by atoms with van der Waals surface area (Å²) in [5.74, 6) is 0.454. The number of aromatic nitrogens is 1. The molecule has 0 unspecified atom stereocenters. The Hall–Kier alpha value is -1.91. The predicted octanol–water partition coefficient (Wildman–Crippen LogP) is 2.02. The number of rotatable bonds is 4. The van der Waals surface area contributed by atoms with Gasteiger partial charge in [-0.05, 0) is 30.9 Å². The maximum atomic E-state index is 12.7. The highest BCUT2D eigenvalue weighted by molar-refractivity contribution is 5.87. The zero-order valence-electron chi connectivity index (χ0n) is 10.7. The van der Waals surface area contributed by atoms with Crippen LogP contribution in [-0.2, 0) is 4.79 Å². The Balaban J connectivity index is 1.75. The molecule has 2 rings (SSSR count). The van der Waals surface area contributed by atoms with Crippen LogP contribution in [0.4, 0.5) is 4.39 Å². The second kappa shape index (κ2) is 6.31. The van der Waals surface area contributed by atoms with Crippen molar-refractivity contribution in [2.75, 3.05) is 19.7 Å². The molecule has 0 bridgehead atoms. The quantitative estimate of drug-likeness (QED) is 0.781. The minimum Gasteiger partial charge on any atom is -0.477 e. The van der Waals surface area contributed by atoms with Crippen molar-refractivity contribution in [2.45, 2.75) is 12.8 Å². The Kier molecular flexibility index (Phi) is 4.49. The maximum absolute atomic E-state index is 12.7. The Morgan fingerprint density at radius 2 is 2.26 bits per heavy atom. The van der Waals surface area contributed by atoms with Crippen LogP contribution in [0.15, 0.2) is 31.0 Å². The fourth-order valence-corrected chi connectivity index (χ4v) is 2.10. The smallest absolute Gasteiger partial charge is 0.245 e. The lowest BCUT2D eigenvalue weighted by Gasteiger charge is -2.31. The Labute approximate surface area is 111 Å². The number of piperidine rings is 1. The first-order valence-corrected chi connectivity index (χ1v) is 6.34. The summed E-state index contributed by atoms with van der Waals surface area (Å²) in [7, 11) is 0. The van der Waals surface area contributed by atoms with Gasteiger partial charge in [-0.25, -0.2) is 9.37 Å². The first-order chi connectivity index (χ1) is 9.19. The molecule has 0 aliphatic carbocycles. The van der Waals surface area contributed by atoms with E-state index < -0.39 is 0 Å². The number of carbonyl (C=O) groups is 1. The fraction of sp³-hybridized carbons (Fsp3) is 0.429. The van der Waals surface area contributed by atoms with E-state index in [9.17, 15) is 9.18 Å². The molecule has 0 N–H and O–H groups in total. The summed E-state index contributed by atoms with van der Waals surface area (Å²) in [6.45, 7) is 5.50. The summed E-state index contributed by atoms with van der Waals surface area (Å²) in [4.78, 5) is 17.1. The van der Waals surface area contributed by atoms with E-state index in [1.165, 1.54) is 18.2 Å². The normalized spacial score (nSPS) is 16.2. The molecule has 1 aromatic rings. The molecule has 1 aliphatic rings. The van der Waals surface area contributed by atoms with Crippen LogP contribution in [0.5, 0.6) is 5.88 Å². The van der Waals surface area contributed by atoms with Crippen molar-refractivity contribution in [3.05, 3.63) is 36.8 Å². The number of halogens is 1. The molecule has 0 aromatic carbocycles. The van der Waals surface area contributed by atoms with Gasteiger partial charge in [-0.3, -0.25) is 4.79 Å². The highest BCUT2D eigenvalue weighted by atomic mass is 19.1. The Morgan fingerprint density at radius 3 is 2.84 bits per heavy atom. The number of carbonyl (C=O) groups excluding carboxylic acids is 1. The van der Waals surface area contributed by atoms with Gasteiger partial charge in [0, 0.05) is 19.2 Å². The molecular weight excluding hydrogens is 247 g/mol. The van der Waals surface area contributed by atoms with Gasteiger partial charge in [0.2, 0.25) is 11.8 Å². The molecule has 2 heterocycles. The third-order valence-corrected chi connectivity index (χ3v) is 3.27. The predicted molar refractivity (Wildman–Crippen MR) is 69.2 cm³/mol. The molecule has 1 aromatic heterocycles. The highest BCUT2D eigenvalue weighted by Crippen LogP contribution is 2.18. The van der Waals surface area contributed by atoms with Crippen molar-refractivity contribution < 1.29 is 13.9 Å². The van der Waals surface area contributed by atoms with Crippen molar-refractivity contribution >= 4 is 5.91 Å². The van der Waals surface area contributed by atoms with E-state index in [2.05, 4.69) is 11.6 Å². The third-order valence-electron chi connectivity index (χ3n) is 3.27. The second-order valence-electron chi connectivity index (χ2n) is 4.60. The van der Waals surface area contributed by atoms with Gasteiger partial charge in [-0.2, -0.15) is 0 Å². The molecule has 1 amide bonds. The molecule has 102 valence electrons. The minimum atomic E-state index is -0.372. The lowest BCUT2D eigenvalue weighted by Crippen LogP contribution is -2.38. The lowest BCUT2D eigenvalue weighted by molar-refractivity contribution is -0.127. The monoisotopic (exact) mass is 264 g/mol. The van der Waals surface area contributed by atoms with Crippen molar-refractivity contribution in [3.8, 4) is 5.88 Å². The van der Waals surface area contributed by atoms with E-state index in [1.54, 1.807) is 4.90 Å². The molecule has 1 saturated heterocycles. The number of amides is 1. The molecule has 0 saturated carbocycles. The molecule has 19 heavy (non-hydrogen) atoms. The number of pyridine rings is 1. The minimum absolute atomic E-state index is 0.0143. The van der Waals surface area contributed by atoms with Gasteiger partial charge >= 0.3 is 0 Å². The summed E-state index contributed by atoms with van der Waals surface area (Å²) >= 11 is 0. The molecule has 5 heteroatoms. The van der Waals surface area contributed by atoms with Crippen molar-refractivity contribution in [3.63, 3.8) is 0 Å². The highest BCUT2D eigenvalue weighted by Gasteiger charge is 2.21. The average molecular weight is 264 g/mol. The molecule has 1 aliphatic heterocycles. The SMILES string of the molecule is C=CC(=O)N1CCC(COc2ccc(F)cn2)CC1. The fourth-order valence-electron chi connectivity index (χ4n) is 2.10. The zero-order chi connectivity index (χ0) is 13.7. The summed E-state index contributed by atoms with van der Waals surface area (Å²) in [5.41, 5.74) is 0. The van der Waals surface area contributed by atoms with Crippen LogP contribution in [0.3, 0.4) is 0 Å². The van der Waals surface area contributed by atoms with Crippen molar-refractivity contribution in [1.82, 2.24) is 9.88 Å². The second-order valence-corrected chi connectivity index (χ2v) is 4.60. The third kappa shape index (κ3) is 3.77. The molecule has 4 nitrogen and oxygen atoms in total. The molecule has 1 fully saturated rings. The molecular formula is C14H17FN2O2. The zero-order valence-corrected chi connectivity index (χ0v) is 10.7. The van der Waals surface area contributed by atoms with Gasteiger partial charge in [-0.15, -0.1) is 0 Å². The number of hydrogen-bond acceptors (Lipinski definition) is 3. The summed E-state index contributed by atoms with van der Waals surface area (Å²) < 4.78 is 18.2. The first kappa shape index (κ1) is 13.5. The van der Waals surface area contributed by atoms with Crippen LogP contribution in [-0.4, -0.2) is 35.5 Å². The van der Waals surface area contributed by atoms with Gasteiger partial charge < -0.3 is 9.64 Å². The number of nitrogens with zero attached hydrogens (tertiary/aromatic N) is 2. The largest absolute Gasteiger partial charge is 0.477 e. The van der Waals surface area contributed by atoms with E-state index in [4.69, 9.17) is 4.74 Å². The standard InChI is InChI=1S/C14H17FN2O2/c1-2-14(18)17-7-5-11(6-8-17)10-19-13-4-3-12(15)9-16-13/h2-4,9,11H,1,5-8,10H2. The summed E-state index contributed by atoms with van der Waals surface area (Å²) in [5, 5.41) is 0. The number of hydrogen-bond donors (Lipinski definition) is 0. The summed E-state index contributed by atoms with van der Waals surface area (Å²) in [6.07, 6.45) is 4.29. The van der Waals surface area contributed by atoms with Gasteiger partial charge in [0.15, 0.2) is 0 Å². The van der Waals surface area contributed by atoms with Crippen LogP contribution >= 0.6 is 0 Å². The van der Waals surface area contributed by atoms with E-state index in [-0.39, 0.29) is 11.7 Å². The molecule has 0 atom stereocenters. The number of likely N-dealkylation sites (tertiary alicyclic amines) is 1. The lowest BCUT2D eigenvalue weighted by atomic mass is 9.98. The first-order valence-electron chi connectivity index (χ1n) is 6.34. The van der Waals surface area contributed by atoms with Gasteiger partial charge in [-0.1, -0.05) is 6.58 Å². The van der Waals surface area contributed by atoms with Crippen LogP contribution < -0.4 is 4.74 Å². The van der Waals surface area contributed by atoms with Gasteiger partial charge in [0.25, 0.3) is 0 Å². The van der Waals surface area contributed by atoms with Crippen LogP contribution in [0.25, 0.3) is 0 Å². The Morgan fingerprint density at radius 1 is 1.53 bits per heavy atom. The maximum Gasteiger partial charge on any atom is 0.245 e. The van der Waals surface area contributed by atoms with E-state index >= 15 is 0 Å². The van der Waals surface area contributed by atoms with Gasteiger partial charge in [0.1, 0.15) is 5.82 Å². The molecule has 0 spiro atoms. The molecule has 0 radical (unpaired) electrons. The van der Waals surface area contributed by atoms with Gasteiger partial charge in [0.05, 0.1) is 12.8 Å². The Bertz CT molecular complexity index is 439. The van der Waals surface area contributed by atoms with E-state index in [0.29, 0.717) is 18.4 Å². The number of ether oxygens (including phenoxy) is 1. The van der Waals surface area contributed by atoms with E-state index in [1.807, 2.05) is 0 Å². The van der Waals surface area contributed by atoms with Crippen LogP contribution in [0.1, 0.15) is 12.8 Å². The van der Waals surface area contributed by atoms with E-state index in [0.717, 1.165) is 32.1 Å². The topological polar surface area (TPSA) is 42.4 Å². The van der Waals surface area contributed by atoms with Crippen molar-refractivity contribution in [2.24, 2.45) is 5.92 Å². The summed E-state index contributed by atoms with van der Waals surface area (Å²) in [6, 6.07) is 2.85. The average Bonchev–Trinajstić information content (AvgIpc) is 2.46. The van der Waals surface area contributed by atoms with Crippen LogP contribution in [0.2, 0.25) is 0 Å². The van der Waals surface area contributed by atoms with Crippen LogP contribution in [0, 0.1) is 11.7 Å². The van der Waals surface area contributed by atoms with Crippen molar-refractivity contribution in [1.29, 1.82) is 0 Å².